The van der Waals surface area contributed by atoms with Gasteiger partial charge in [0.05, 0.1) is 18.0 Å². The molecule has 0 aromatic heterocycles. The van der Waals surface area contributed by atoms with Gasteiger partial charge in [0.1, 0.15) is 11.6 Å². The number of benzene rings is 2. The molecule has 1 fully saturated rings. The van der Waals surface area contributed by atoms with Gasteiger partial charge in [-0.15, -0.1) is 0 Å². The maximum atomic E-state index is 13.4. The summed E-state index contributed by atoms with van der Waals surface area (Å²) in [7, 11) is -2.15. The van der Waals surface area contributed by atoms with Gasteiger partial charge in [0.2, 0.25) is 10.0 Å². The molecule has 122 valence electrons. The summed E-state index contributed by atoms with van der Waals surface area (Å²) in [6.07, 6.45) is 1.51. The van der Waals surface area contributed by atoms with Crippen molar-refractivity contribution in [2.45, 2.75) is 23.8 Å². The fraction of sp³-hybridized carbons (Fsp3) is 0.294. The highest BCUT2D eigenvalue weighted by Crippen LogP contribution is 2.37. The minimum absolute atomic E-state index is 0.00713. The molecule has 1 unspecified atom stereocenters. The van der Waals surface area contributed by atoms with E-state index in [1.165, 1.54) is 22.5 Å². The normalized spacial score (nSPS) is 19.0. The predicted molar refractivity (Wildman–Crippen MR) is 85.3 cm³/mol. The Kier molecular flexibility index (Phi) is 4.37. The molecule has 1 atom stereocenters. The molecule has 0 bridgehead atoms. The molecule has 1 saturated heterocycles. The molecule has 23 heavy (non-hydrogen) atoms. The minimum atomic E-state index is -3.73. The summed E-state index contributed by atoms with van der Waals surface area (Å²) in [4.78, 5) is -0.00713. The second kappa shape index (κ2) is 6.29. The first-order valence-electron chi connectivity index (χ1n) is 7.44. The number of hydrogen-bond acceptors (Lipinski definition) is 3. The number of nitrogens with zero attached hydrogens (tertiary/aromatic N) is 1. The van der Waals surface area contributed by atoms with E-state index in [1.807, 2.05) is 24.3 Å². The maximum absolute atomic E-state index is 13.4. The third kappa shape index (κ3) is 3.09. The lowest BCUT2D eigenvalue weighted by Gasteiger charge is -2.24. The van der Waals surface area contributed by atoms with E-state index in [2.05, 4.69) is 0 Å². The molecule has 0 N–H and O–H groups in total. The van der Waals surface area contributed by atoms with Gasteiger partial charge in [-0.1, -0.05) is 18.2 Å². The Morgan fingerprint density at radius 3 is 2.70 bits per heavy atom. The van der Waals surface area contributed by atoms with Crippen molar-refractivity contribution in [3.05, 3.63) is 59.9 Å². The van der Waals surface area contributed by atoms with Gasteiger partial charge in [0.25, 0.3) is 0 Å². The summed E-state index contributed by atoms with van der Waals surface area (Å²) in [5.41, 5.74) is 0.891. The molecule has 0 amide bonds. The first kappa shape index (κ1) is 16.0. The fourth-order valence-electron chi connectivity index (χ4n) is 2.97. The number of ether oxygens (including phenoxy) is 1. The van der Waals surface area contributed by atoms with Crippen LogP contribution in [0.2, 0.25) is 0 Å². The second-order valence-corrected chi connectivity index (χ2v) is 7.40. The molecule has 4 nitrogen and oxygen atoms in total. The Balaban J connectivity index is 1.97. The van der Waals surface area contributed by atoms with E-state index < -0.39 is 15.8 Å². The average molecular weight is 335 g/mol. The van der Waals surface area contributed by atoms with Gasteiger partial charge in [-0.2, -0.15) is 4.31 Å². The molecular formula is C17H18FNO3S. The van der Waals surface area contributed by atoms with Crippen LogP contribution in [0.5, 0.6) is 5.75 Å². The molecule has 0 spiro atoms. The molecule has 2 aromatic rings. The van der Waals surface area contributed by atoms with Crippen molar-refractivity contribution >= 4 is 10.0 Å². The first-order chi connectivity index (χ1) is 11.0. The Bertz CT molecular complexity index is 807. The Labute approximate surface area is 135 Å². The van der Waals surface area contributed by atoms with Crippen LogP contribution in [0.4, 0.5) is 4.39 Å². The van der Waals surface area contributed by atoms with Gasteiger partial charge in [-0.25, -0.2) is 12.8 Å². The van der Waals surface area contributed by atoms with Crippen LogP contribution in [0.15, 0.2) is 53.4 Å². The van der Waals surface area contributed by atoms with Crippen LogP contribution >= 0.6 is 0 Å². The molecule has 3 rings (SSSR count). The van der Waals surface area contributed by atoms with Gasteiger partial charge in [0, 0.05) is 6.54 Å². The Hall–Kier alpha value is -1.92. The van der Waals surface area contributed by atoms with Crippen LogP contribution in [0.25, 0.3) is 0 Å². The van der Waals surface area contributed by atoms with Crippen molar-refractivity contribution in [2.75, 3.05) is 13.7 Å². The van der Waals surface area contributed by atoms with Gasteiger partial charge >= 0.3 is 0 Å². The predicted octanol–water partition coefficient (Wildman–Crippen LogP) is 3.36. The lowest BCUT2D eigenvalue weighted by atomic mass is 10.1. The highest BCUT2D eigenvalue weighted by molar-refractivity contribution is 7.89. The van der Waals surface area contributed by atoms with Crippen LogP contribution in [0, 0.1) is 5.82 Å². The van der Waals surface area contributed by atoms with Crippen LogP contribution < -0.4 is 4.74 Å². The Morgan fingerprint density at radius 1 is 1.17 bits per heavy atom. The third-order valence-electron chi connectivity index (χ3n) is 4.08. The lowest BCUT2D eigenvalue weighted by Crippen LogP contribution is -2.30. The zero-order valence-corrected chi connectivity index (χ0v) is 13.6. The fourth-order valence-corrected chi connectivity index (χ4v) is 4.69. The van der Waals surface area contributed by atoms with Crippen molar-refractivity contribution in [1.82, 2.24) is 4.31 Å². The summed E-state index contributed by atoms with van der Waals surface area (Å²) in [5.74, 6) is 0.140. The van der Waals surface area contributed by atoms with Crippen LogP contribution in [-0.4, -0.2) is 26.4 Å². The molecule has 0 radical (unpaired) electrons. The molecule has 6 heteroatoms. The largest absolute Gasteiger partial charge is 0.497 e. The van der Waals surface area contributed by atoms with Crippen LogP contribution in [0.1, 0.15) is 24.4 Å². The van der Waals surface area contributed by atoms with Crippen LogP contribution in [-0.2, 0) is 10.0 Å². The molecular weight excluding hydrogens is 317 g/mol. The average Bonchev–Trinajstić information content (AvgIpc) is 3.05. The third-order valence-corrected chi connectivity index (χ3v) is 5.99. The quantitative estimate of drug-likeness (QED) is 0.861. The zero-order chi connectivity index (χ0) is 16.4. The SMILES string of the molecule is COc1cccc(C2CCCN2S(=O)(=O)c2cccc(F)c2)c1. The van der Waals surface area contributed by atoms with E-state index in [9.17, 15) is 12.8 Å². The van der Waals surface area contributed by atoms with E-state index in [0.29, 0.717) is 12.3 Å². The molecule has 0 saturated carbocycles. The van der Waals surface area contributed by atoms with Gasteiger partial charge in [-0.05, 0) is 48.7 Å². The lowest BCUT2D eigenvalue weighted by molar-refractivity contribution is 0.390. The standard InChI is InChI=1S/C17H18FNO3S/c1-22-15-7-2-5-13(11-15)17-9-4-10-19(17)23(20,21)16-8-3-6-14(18)12-16/h2-3,5-8,11-12,17H,4,9-10H2,1H3. The highest BCUT2D eigenvalue weighted by atomic mass is 32.2. The summed E-state index contributed by atoms with van der Waals surface area (Å²) in [6, 6.07) is 12.3. The monoisotopic (exact) mass is 335 g/mol. The van der Waals surface area contributed by atoms with Crippen molar-refractivity contribution in [2.24, 2.45) is 0 Å². The first-order valence-corrected chi connectivity index (χ1v) is 8.88. The van der Waals surface area contributed by atoms with Gasteiger partial charge in [0.15, 0.2) is 0 Å². The highest BCUT2D eigenvalue weighted by Gasteiger charge is 2.36. The van der Waals surface area contributed by atoms with E-state index in [1.54, 1.807) is 7.11 Å². The van der Waals surface area contributed by atoms with E-state index in [-0.39, 0.29) is 10.9 Å². The number of halogens is 1. The van der Waals surface area contributed by atoms with E-state index in [4.69, 9.17) is 4.74 Å². The van der Waals surface area contributed by atoms with Crippen molar-refractivity contribution < 1.29 is 17.5 Å². The smallest absolute Gasteiger partial charge is 0.243 e. The second-order valence-electron chi connectivity index (χ2n) is 5.51. The van der Waals surface area contributed by atoms with E-state index in [0.717, 1.165) is 24.5 Å². The summed E-state index contributed by atoms with van der Waals surface area (Å²) in [5, 5.41) is 0. The van der Waals surface area contributed by atoms with E-state index >= 15 is 0 Å². The van der Waals surface area contributed by atoms with Crippen molar-refractivity contribution in [3.63, 3.8) is 0 Å². The minimum Gasteiger partial charge on any atom is -0.497 e. The molecule has 1 aliphatic heterocycles. The molecule has 0 aliphatic carbocycles. The Morgan fingerprint density at radius 2 is 1.96 bits per heavy atom. The molecule has 1 aliphatic rings. The number of sulfonamides is 1. The number of methoxy groups -OCH3 is 1. The van der Waals surface area contributed by atoms with Crippen molar-refractivity contribution in [3.8, 4) is 5.75 Å². The number of hydrogen-bond donors (Lipinski definition) is 0. The van der Waals surface area contributed by atoms with Gasteiger partial charge in [-0.3, -0.25) is 0 Å². The summed E-state index contributed by atoms with van der Waals surface area (Å²) >= 11 is 0. The van der Waals surface area contributed by atoms with Crippen molar-refractivity contribution in [1.29, 1.82) is 0 Å². The van der Waals surface area contributed by atoms with Crippen LogP contribution in [0.3, 0.4) is 0 Å². The molecule has 2 aromatic carbocycles. The summed E-state index contributed by atoms with van der Waals surface area (Å²) in [6.45, 7) is 0.431. The molecule has 1 heterocycles. The maximum Gasteiger partial charge on any atom is 0.243 e. The number of rotatable bonds is 4. The van der Waals surface area contributed by atoms with Gasteiger partial charge < -0.3 is 4.74 Å². The zero-order valence-electron chi connectivity index (χ0n) is 12.8. The topological polar surface area (TPSA) is 46.6 Å². The summed E-state index contributed by atoms with van der Waals surface area (Å²) < 4.78 is 45.8.